The van der Waals surface area contributed by atoms with Gasteiger partial charge in [0.15, 0.2) is 11.3 Å². The third kappa shape index (κ3) is 2.37. The first kappa shape index (κ1) is 8.30. The van der Waals surface area contributed by atoms with Crippen molar-refractivity contribution in [3.8, 4) is 0 Å². The first-order valence-corrected chi connectivity index (χ1v) is 4.16. The van der Waals surface area contributed by atoms with E-state index in [1.807, 2.05) is 0 Å². The average molecular weight is 158 g/mol. The second-order valence-electron chi connectivity index (χ2n) is 3.04. The molecule has 1 aliphatic rings. The Balaban J connectivity index is 2.42. The monoisotopic (exact) mass is 158 g/mol. The molecule has 0 unspecified atom stereocenters. The minimum atomic E-state index is -0.0810. The number of hydroxylamine groups is 1. The average Bonchev–Trinajstić information content (AvgIpc) is 2.30. The lowest BCUT2D eigenvalue weighted by molar-refractivity contribution is -0.592. The molecule has 0 aliphatic heterocycles. The molecule has 0 amide bonds. The second kappa shape index (κ2) is 4.16. The van der Waals surface area contributed by atoms with Crippen LogP contribution in [0.1, 0.15) is 38.5 Å². The Morgan fingerprint density at radius 1 is 1.18 bits per heavy atom. The van der Waals surface area contributed by atoms with Crippen molar-refractivity contribution < 1.29 is 10.1 Å². The van der Waals surface area contributed by atoms with E-state index in [9.17, 15) is 5.21 Å². The van der Waals surface area contributed by atoms with Gasteiger partial charge in [0.05, 0.1) is 0 Å². The van der Waals surface area contributed by atoms with Crippen LogP contribution in [0, 0.1) is 5.21 Å². The largest absolute Gasteiger partial charge is 0.597 e. The van der Waals surface area contributed by atoms with Crippen LogP contribution in [0.15, 0.2) is 5.28 Å². The zero-order chi connectivity index (χ0) is 8.10. The van der Waals surface area contributed by atoms with E-state index in [1.165, 1.54) is 12.8 Å². The van der Waals surface area contributed by atoms with Crippen LogP contribution in [0.25, 0.3) is 0 Å². The Kier molecular flexibility index (Phi) is 3.14. The Morgan fingerprint density at radius 3 is 2.18 bits per heavy atom. The van der Waals surface area contributed by atoms with Crippen LogP contribution in [-0.4, -0.2) is 16.1 Å². The Hall–Kier alpha value is -0.800. The first-order valence-electron chi connectivity index (χ1n) is 4.16. The van der Waals surface area contributed by atoms with Crippen LogP contribution in [0.3, 0.4) is 0 Å². The second-order valence-corrected chi connectivity index (χ2v) is 3.04. The van der Waals surface area contributed by atoms with Gasteiger partial charge in [-0.2, -0.15) is 0 Å². The highest BCUT2D eigenvalue weighted by molar-refractivity contribution is 4.61. The molecule has 0 spiro atoms. The fourth-order valence-corrected chi connectivity index (χ4v) is 1.55. The molecule has 4 heteroatoms. The first-order chi connectivity index (χ1) is 5.34. The maximum Gasteiger partial charge on any atom is 0.197 e. The van der Waals surface area contributed by atoms with Gasteiger partial charge < -0.3 is 10.4 Å². The molecule has 0 aromatic carbocycles. The van der Waals surface area contributed by atoms with Crippen molar-refractivity contribution in [3.05, 3.63) is 5.21 Å². The fourth-order valence-electron chi connectivity index (χ4n) is 1.55. The lowest BCUT2D eigenvalue weighted by atomic mass is 10.1. The SMILES string of the molecule is [O-]/[N+](=N\O)C1CCCCCC1. The van der Waals surface area contributed by atoms with Crippen LogP contribution in [0.4, 0.5) is 0 Å². The zero-order valence-electron chi connectivity index (χ0n) is 6.57. The summed E-state index contributed by atoms with van der Waals surface area (Å²) in [4.78, 5) is 0.436. The molecule has 1 saturated carbocycles. The van der Waals surface area contributed by atoms with Crippen LogP contribution in [-0.2, 0) is 0 Å². The summed E-state index contributed by atoms with van der Waals surface area (Å²) in [6, 6.07) is -0.0810. The predicted octanol–water partition coefficient (Wildman–Crippen LogP) is 2.06. The standard InChI is InChI=1S/C7H14N2O2/c10-8-9(11)7-5-3-1-2-4-6-7/h7,10H,1-6H2/b9-8-. The van der Waals surface area contributed by atoms with E-state index in [0.717, 1.165) is 25.7 Å². The molecular formula is C7H14N2O2. The molecule has 4 nitrogen and oxygen atoms in total. The van der Waals surface area contributed by atoms with Crippen molar-refractivity contribution in [2.24, 2.45) is 5.28 Å². The van der Waals surface area contributed by atoms with E-state index in [-0.39, 0.29) is 6.04 Å². The number of hydrogen-bond donors (Lipinski definition) is 1. The molecule has 1 N–H and O–H groups in total. The molecule has 0 saturated heterocycles. The minimum absolute atomic E-state index is 0.0810. The third-order valence-corrected chi connectivity index (χ3v) is 2.23. The van der Waals surface area contributed by atoms with Gasteiger partial charge in [-0.25, -0.2) is 0 Å². The summed E-state index contributed by atoms with van der Waals surface area (Å²) in [5.41, 5.74) is 0. The van der Waals surface area contributed by atoms with E-state index in [1.54, 1.807) is 0 Å². The third-order valence-electron chi connectivity index (χ3n) is 2.23. The van der Waals surface area contributed by atoms with Crippen molar-refractivity contribution in [2.45, 2.75) is 44.6 Å². The summed E-state index contributed by atoms with van der Waals surface area (Å²) in [6.07, 6.45) is 6.31. The smallest absolute Gasteiger partial charge is 0.197 e. The lowest BCUT2D eigenvalue weighted by Crippen LogP contribution is -2.18. The molecule has 0 atom stereocenters. The highest BCUT2D eigenvalue weighted by atomic mass is 16.6. The molecular weight excluding hydrogens is 144 g/mol. The quantitative estimate of drug-likeness (QED) is 0.275. The van der Waals surface area contributed by atoms with Crippen molar-refractivity contribution >= 4 is 0 Å². The van der Waals surface area contributed by atoms with Gasteiger partial charge in [-0.05, 0) is 12.8 Å². The van der Waals surface area contributed by atoms with E-state index < -0.39 is 0 Å². The predicted molar refractivity (Wildman–Crippen MR) is 39.3 cm³/mol. The zero-order valence-corrected chi connectivity index (χ0v) is 6.57. The van der Waals surface area contributed by atoms with Gasteiger partial charge in [-0.1, -0.05) is 17.7 Å². The number of nitrogens with zero attached hydrogens (tertiary/aromatic N) is 2. The van der Waals surface area contributed by atoms with Crippen molar-refractivity contribution in [1.29, 1.82) is 0 Å². The van der Waals surface area contributed by atoms with Gasteiger partial charge in [0, 0.05) is 12.8 Å². The molecule has 1 aliphatic carbocycles. The van der Waals surface area contributed by atoms with Crippen LogP contribution in [0.5, 0.6) is 0 Å². The minimum Gasteiger partial charge on any atom is -0.597 e. The van der Waals surface area contributed by atoms with Crippen molar-refractivity contribution in [3.63, 3.8) is 0 Å². The van der Waals surface area contributed by atoms with E-state index >= 15 is 0 Å². The fraction of sp³-hybridized carbons (Fsp3) is 1.00. The van der Waals surface area contributed by atoms with Gasteiger partial charge in [0.1, 0.15) is 0 Å². The topological polar surface area (TPSA) is 58.7 Å². The molecule has 1 rings (SSSR count). The van der Waals surface area contributed by atoms with Gasteiger partial charge in [0.25, 0.3) is 0 Å². The van der Waals surface area contributed by atoms with Gasteiger partial charge >= 0.3 is 0 Å². The Labute approximate surface area is 66.1 Å². The van der Waals surface area contributed by atoms with Crippen molar-refractivity contribution in [1.82, 2.24) is 0 Å². The molecule has 64 valence electrons. The molecule has 0 radical (unpaired) electrons. The van der Waals surface area contributed by atoms with Crippen LogP contribution >= 0.6 is 0 Å². The van der Waals surface area contributed by atoms with Gasteiger partial charge in [0.2, 0.25) is 0 Å². The van der Waals surface area contributed by atoms with E-state index in [0.29, 0.717) is 4.86 Å². The van der Waals surface area contributed by atoms with Gasteiger partial charge in [-0.15, -0.1) is 0 Å². The maximum atomic E-state index is 10.8. The summed E-state index contributed by atoms with van der Waals surface area (Å²) in [5, 5.41) is 21.7. The molecule has 0 bridgehead atoms. The highest BCUT2D eigenvalue weighted by Gasteiger charge is 2.19. The summed E-state index contributed by atoms with van der Waals surface area (Å²) >= 11 is 0. The normalized spacial score (nSPS) is 23.1. The lowest BCUT2D eigenvalue weighted by Gasteiger charge is -2.08. The van der Waals surface area contributed by atoms with E-state index in [2.05, 4.69) is 5.28 Å². The summed E-state index contributed by atoms with van der Waals surface area (Å²) < 4.78 is 0. The molecule has 0 heterocycles. The Morgan fingerprint density at radius 2 is 1.73 bits per heavy atom. The van der Waals surface area contributed by atoms with Gasteiger partial charge in [-0.3, -0.25) is 0 Å². The molecule has 0 aromatic heterocycles. The van der Waals surface area contributed by atoms with Crippen LogP contribution in [0.2, 0.25) is 0 Å². The van der Waals surface area contributed by atoms with Crippen molar-refractivity contribution in [2.75, 3.05) is 0 Å². The maximum absolute atomic E-state index is 10.8. The number of rotatable bonds is 1. The summed E-state index contributed by atoms with van der Waals surface area (Å²) in [6.45, 7) is 0. The summed E-state index contributed by atoms with van der Waals surface area (Å²) in [7, 11) is 0. The molecule has 11 heavy (non-hydrogen) atoms. The van der Waals surface area contributed by atoms with Crippen LogP contribution < -0.4 is 0 Å². The number of hydrogen-bond acceptors (Lipinski definition) is 2. The molecule has 0 aromatic rings. The summed E-state index contributed by atoms with van der Waals surface area (Å²) in [5.74, 6) is 0. The Bertz CT molecular complexity index is 139. The molecule has 1 fully saturated rings. The highest BCUT2D eigenvalue weighted by Crippen LogP contribution is 2.19. The van der Waals surface area contributed by atoms with E-state index in [4.69, 9.17) is 5.21 Å².